The van der Waals surface area contributed by atoms with Crippen molar-refractivity contribution in [3.63, 3.8) is 0 Å². The zero-order chi connectivity index (χ0) is 23.0. The van der Waals surface area contributed by atoms with Gasteiger partial charge in [0.15, 0.2) is 6.10 Å². The number of hydrogen-bond acceptors (Lipinski definition) is 7. The van der Waals surface area contributed by atoms with E-state index in [9.17, 15) is 10.1 Å². The van der Waals surface area contributed by atoms with Crippen LogP contribution in [0, 0.1) is 11.3 Å². The molecule has 1 N–H and O–H groups in total. The van der Waals surface area contributed by atoms with Crippen molar-refractivity contribution in [2.24, 2.45) is 0 Å². The normalized spacial score (nSPS) is 17.0. The molecule has 2 aliphatic heterocycles. The number of nitriles is 1. The maximum Gasteiger partial charge on any atom is 0.410 e. The number of carbonyl (C=O) groups is 1. The summed E-state index contributed by atoms with van der Waals surface area (Å²) in [4.78, 5) is 28.8. The summed E-state index contributed by atoms with van der Waals surface area (Å²) in [5.41, 5.74) is 3.83. The summed E-state index contributed by atoms with van der Waals surface area (Å²) in [6.45, 7) is 7.37. The maximum absolute atomic E-state index is 12.3. The van der Waals surface area contributed by atoms with E-state index in [0.29, 0.717) is 39.4 Å². The molecule has 3 aromatic rings. The first kappa shape index (κ1) is 21.2. The van der Waals surface area contributed by atoms with Gasteiger partial charge >= 0.3 is 6.09 Å². The van der Waals surface area contributed by atoms with Gasteiger partial charge in [0.1, 0.15) is 5.65 Å². The van der Waals surface area contributed by atoms with Crippen LogP contribution < -0.4 is 4.90 Å². The van der Waals surface area contributed by atoms with Crippen LogP contribution in [-0.4, -0.2) is 71.4 Å². The maximum atomic E-state index is 12.3. The number of aromatic amines is 1. The molecule has 0 saturated carbocycles. The first-order chi connectivity index (χ1) is 15.9. The van der Waals surface area contributed by atoms with E-state index in [1.807, 2.05) is 32.0 Å². The number of anilines is 1. The smallest absolute Gasteiger partial charge is 0.410 e. The van der Waals surface area contributed by atoms with Gasteiger partial charge in [0, 0.05) is 49.6 Å². The molecule has 0 radical (unpaired) electrons. The van der Waals surface area contributed by atoms with Gasteiger partial charge in [-0.15, -0.1) is 0 Å². The number of rotatable bonds is 4. The Morgan fingerprint density at radius 2 is 2.00 bits per heavy atom. The van der Waals surface area contributed by atoms with Crippen LogP contribution in [0.15, 0.2) is 36.7 Å². The molecule has 5 heterocycles. The van der Waals surface area contributed by atoms with Crippen molar-refractivity contribution in [2.75, 3.05) is 44.3 Å². The monoisotopic (exact) mass is 446 g/mol. The molecule has 0 spiro atoms. The summed E-state index contributed by atoms with van der Waals surface area (Å²) in [5.74, 6) is 0. The van der Waals surface area contributed by atoms with Gasteiger partial charge in [0.05, 0.1) is 36.1 Å². The Balaban J connectivity index is 1.32. The standard InChI is InChI=1S/C24H26N6O3/c1-24(2,15-25)16-3-4-19(27-12-16)20-11-18-21(5-6-26-22(18)28-20)29-7-9-30(10-8-29)23(31)33-17-13-32-14-17/h3-6,11-12,17H,7-10,13-14H2,1-2H3,(H,26,28). The summed E-state index contributed by atoms with van der Waals surface area (Å²) >= 11 is 0. The van der Waals surface area contributed by atoms with Crippen molar-refractivity contribution in [3.8, 4) is 17.5 Å². The van der Waals surface area contributed by atoms with Crippen LogP contribution >= 0.6 is 0 Å². The highest BCUT2D eigenvalue weighted by atomic mass is 16.6. The van der Waals surface area contributed by atoms with Gasteiger partial charge in [-0.2, -0.15) is 5.26 Å². The lowest BCUT2D eigenvalue weighted by Crippen LogP contribution is -2.51. The molecule has 0 aromatic carbocycles. The molecule has 2 fully saturated rings. The molecule has 33 heavy (non-hydrogen) atoms. The van der Waals surface area contributed by atoms with Crippen molar-refractivity contribution in [2.45, 2.75) is 25.4 Å². The Labute approximate surface area is 191 Å². The van der Waals surface area contributed by atoms with Crippen molar-refractivity contribution >= 4 is 22.8 Å². The summed E-state index contributed by atoms with van der Waals surface area (Å²) < 4.78 is 10.5. The first-order valence-electron chi connectivity index (χ1n) is 11.1. The Bertz CT molecular complexity index is 1200. The Kier molecular flexibility index (Phi) is 5.38. The van der Waals surface area contributed by atoms with E-state index >= 15 is 0 Å². The van der Waals surface area contributed by atoms with Crippen molar-refractivity contribution in [3.05, 3.63) is 42.2 Å². The minimum atomic E-state index is -0.582. The molecule has 0 atom stereocenters. The highest BCUT2D eigenvalue weighted by molar-refractivity contribution is 5.93. The van der Waals surface area contributed by atoms with E-state index in [2.05, 4.69) is 32.0 Å². The van der Waals surface area contributed by atoms with Crippen LogP contribution in [0.1, 0.15) is 19.4 Å². The number of nitrogens with one attached hydrogen (secondary N) is 1. The number of hydrogen-bond donors (Lipinski definition) is 1. The third-order valence-electron chi connectivity index (χ3n) is 6.30. The second-order valence-electron chi connectivity index (χ2n) is 8.96. The van der Waals surface area contributed by atoms with Crippen LogP contribution in [-0.2, 0) is 14.9 Å². The molecule has 3 aromatic heterocycles. The zero-order valence-electron chi connectivity index (χ0n) is 18.7. The molecule has 0 unspecified atom stereocenters. The highest BCUT2D eigenvalue weighted by Crippen LogP contribution is 2.31. The number of nitrogens with zero attached hydrogens (tertiary/aromatic N) is 5. The van der Waals surface area contributed by atoms with Gasteiger partial charge in [-0.05, 0) is 37.6 Å². The van der Waals surface area contributed by atoms with Gasteiger partial charge in [0.2, 0.25) is 0 Å². The lowest BCUT2D eigenvalue weighted by Gasteiger charge is -2.37. The molecule has 0 bridgehead atoms. The van der Waals surface area contributed by atoms with E-state index < -0.39 is 5.41 Å². The number of fused-ring (bicyclic) bond motifs is 1. The number of H-pyrrole nitrogens is 1. The summed E-state index contributed by atoms with van der Waals surface area (Å²) in [6.07, 6.45) is 3.18. The van der Waals surface area contributed by atoms with Crippen LogP contribution in [0.4, 0.5) is 10.5 Å². The number of piperazine rings is 1. The molecule has 1 amide bonds. The van der Waals surface area contributed by atoms with Crippen molar-refractivity contribution in [1.29, 1.82) is 5.26 Å². The number of carbonyl (C=O) groups excluding carboxylic acids is 1. The quantitative estimate of drug-likeness (QED) is 0.656. The van der Waals surface area contributed by atoms with Gasteiger partial charge < -0.3 is 24.3 Å². The van der Waals surface area contributed by atoms with Crippen LogP contribution in [0.5, 0.6) is 0 Å². The Morgan fingerprint density at radius 3 is 2.64 bits per heavy atom. The van der Waals surface area contributed by atoms with Gasteiger partial charge in [0.25, 0.3) is 0 Å². The molecular formula is C24H26N6O3. The molecule has 9 heteroatoms. The average molecular weight is 447 g/mol. The van der Waals surface area contributed by atoms with E-state index in [0.717, 1.165) is 33.7 Å². The van der Waals surface area contributed by atoms with Crippen LogP contribution in [0.2, 0.25) is 0 Å². The minimum absolute atomic E-state index is 0.109. The topological polar surface area (TPSA) is 107 Å². The Hall–Kier alpha value is -3.64. The second kappa shape index (κ2) is 8.37. The van der Waals surface area contributed by atoms with E-state index in [1.165, 1.54) is 0 Å². The fraction of sp³-hybridized carbons (Fsp3) is 0.417. The molecule has 9 nitrogen and oxygen atoms in total. The lowest BCUT2D eigenvalue weighted by atomic mass is 9.87. The fourth-order valence-corrected chi connectivity index (χ4v) is 4.04. The van der Waals surface area contributed by atoms with E-state index in [1.54, 1.807) is 17.3 Å². The molecule has 0 aliphatic carbocycles. The Morgan fingerprint density at radius 1 is 1.21 bits per heavy atom. The van der Waals surface area contributed by atoms with Gasteiger partial charge in [-0.25, -0.2) is 9.78 Å². The summed E-state index contributed by atoms with van der Waals surface area (Å²) in [7, 11) is 0. The van der Waals surface area contributed by atoms with Crippen molar-refractivity contribution in [1.82, 2.24) is 19.9 Å². The van der Waals surface area contributed by atoms with E-state index in [4.69, 9.17) is 9.47 Å². The number of pyridine rings is 2. The largest absolute Gasteiger partial charge is 0.441 e. The first-order valence-corrected chi connectivity index (χ1v) is 11.1. The van der Waals surface area contributed by atoms with Gasteiger partial charge in [-0.1, -0.05) is 6.07 Å². The predicted octanol–water partition coefficient (Wildman–Crippen LogP) is 3.08. The number of aromatic nitrogens is 3. The zero-order valence-corrected chi connectivity index (χ0v) is 18.7. The van der Waals surface area contributed by atoms with Crippen molar-refractivity contribution < 1.29 is 14.3 Å². The molecule has 2 saturated heterocycles. The lowest BCUT2D eigenvalue weighted by molar-refractivity contribution is -0.104. The third kappa shape index (κ3) is 4.10. The minimum Gasteiger partial charge on any atom is -0.441 e. The van der Waals surface area contributed by atoms with Gasteiger partial charge in [-0.3, -0.25) is 4.98 Å². The predicted molar refractivity (Wildman–Crippen MR) is 123 cm³/mol. The molecule has 2 aliphatic rings. The fourth-order valence-electron chi connectivity index (χ4n) is 4.04. The second-order valence-corrected chi connectivity index (χ2v) is 8.96. The average Bonchev–Trinajstić information content (AvgIpc) is 3.26. The van der Waals surface area contributed by atoms with Crippen LogP contribution in [0.3, 0.4) is 0 Å². The molecule has 170 valence electrons. The third-order valence-corrected chi connectivity index (χ3v) is 6.30. The molecule has 5 rings (SSSR count). The summed E-state index contributed by atoms with van der Waals surface area (Å²) in [6, 6.07) is 10.2. The highest BCUT2D eigenvalue weighted by Gasteiger charge is 2.28. The molecular weight excluding hydrogens is 420 g/mol. The van der Waals surface area contributed by atoms with Crippen LogP contribution in [0.25, 0.3) is 22.4 Å². The summed E-state index contributed by atoms with van der Waals surface area (Å²) in [5, 5.41) is 10.4. The number of amides is 1. The number of ether oxygens (including phenoxy) is 2. The van der Waals surface area contributed by atoms with E-state index in [-0.39, 0.29) is 12.2 Å². The SMILES string of the molecule is CC(C)(C#N)c1ccc(-c2cc3c(N4CCN(C(=O)OC5COC5)CC4)ccnc3[nH]2)nc1.